The van der Waals surface area contributed by atoms with Crippen LogP contribution in [0.15, 0.2) is 53.4 Å². The lowest BCUT2D eigenvalue weighted by Gasteiger charge is -2.17. The van der Waals surface area contributed by atoms with Crippen molar-refractivity contribution in [1.82, 2.24) is 9.62 Å². The molecule has 0 saturated carbocycles. The minimum atomic E-state index is -3.84. The number of nitrogens with zero attached hydrogens (tertiary/aromatic N) is 1. The summed E-state index contributed by atoms with van der Waals surface area (Å²) in [6.07, 6.45) is 0. The number of carbonyl (C=O) groups is 2. The second kappa shape index (κ2) is 8.98. The van der Waals surface area contributed by atoms with Gasteiger partial charge in [-0.3, -0.25) is 9.59 Å². The van der Waals surface area contributed by atoms with E-state index in [1.54, 1.807) is 24.3 Å². The molecule has 0 saturated heterocycles. The second-order valence-electron chi connectivity index (χ2n) is 5.83. The number of halogens is 1. The lowest BCUT2D eigenvalue weighted by molar-refractivity contribution is -0.121. The van der Waals surface area contributed by atoms with Crippen molar-refractivity contribution >= 4 is 39.1 Å². The zero-order chi connectivity index (χ0) is 20.0. The third kappa shape index (κ3) is 5.78. The molecule has 2 aromatic rings. The van der Waals surface area contributed by atoms with Gasteiger partial charge in [0, 0.05) is 31.2 Å². The Morgan fingerprint density at radius 2 is 1.70 bits per heavy atom. The topological polar surface area (TPSA) is 95.6 Å². The van der Waals surface area contributed by atoms with Crippen LogP contribution in [0.1, 0.15) is 12.5 Å². The number of amides is 2. The van der Waals surface area contributed by atoms with Crippen molar-refractivity contribution in [3.8, 4) is 0 Å². The molecule has 27 heavy (non-hydrogen) atoms. The summed E-state index contributed by atoms with van der Waals surface area (Å²) >= 11 is 6.03. The van der Waals surface area contributed by atoms with Gasteiger partial charge in [0.15, 0.2) is 0 Å². The molecule has 0 aliphatic rings. The lowest BCUT2D eigenvalue weighted by Crippen LogP contribution is -2.38. The quantitative estimate of drug-likeness (QED) is 0.733. The second-order valence-corrected chi connectivity index (χ2v) is 8.29. The molecule has 0 unspecified atom stereocenters. The summed E-state index contributed by atoms with van der Waals surface area (Å²) in [5, 5.41) is 5.73. The van der Waals surface area contributed by atoms with Gasteiger partial charge in [0.1, 0.15) is 0 Å². The number of benzene rings is 2. The smallest absolute Gasteiger partial charge is 0.243 e. The summed E-state index contributed by atoms with van der Waals surface area (Å²) in [6, 6.07) is 12.8. The first-order valence-corrected chi connectivity index (χ1v) is 9.86. The predicted molar refractivity (Wildman–Crippen MR) is 104 cm³/mol. The maximum atomic E-state index is 12.6. The van der Waals surface area contributed by atoms with Crippen molar-refractivity contribution < 1.29 is 18.0 Å². The van der Waals surface area contributed by atoms with E-state index in [4.69, 9.17) is 11.6 Å². The monoisotopic (exact) mass is 409 g/mol. The molecule has 0 spiro atoms. The number of likely N-dealkylation sites (N-methyl/N-ethyl adjacent to an activating group) is 1. The van der Waals surface area contributed by atoms with Gasteiger partial charge in [0.2, 0.25) is 21.8 Å². The van der Waals surface area contributed by atoms with Crippen LogP contribution in [0.4, 0.5) is 5.69 Å². The summed E-state index contributed by atoms with van der Waals surface area (Å²) < 4.78 is 26.1. The van der Waals surface area contributed by atoms with Gasteiger partial charge in [-0.05, 0) is 35.9 Å². The third-order valence-electron chi connectivity index (χ3n) is 3.68. The van der Waals surface area contributed by atoms with Crippen molar-refractivity contribution in [2.75, 3.05) is 18.9 Å². The van der Waals surface area contributed by atoms with Crippen LogP contribution in [0.2, 0.25) is 5.02 Å². The lowest BCUT2D eigenvalue weighted by atomic mass is 10.2. The number of hydrogen-bond acceptors (Lipinski definition) is 4. The maximum Gasteiger partial charge on any atom is 0.243 e. The standard InChI is InChI=1S/C18H20ClN3O4S/c1-13(23)21-15-7-9-16(10-8-15)27(25,26)22(2)12-18(24)20-11-14-5-3-4-6-17(14)19/h3-10H,11-12H2,1-2H3,(H,20,24)(H,21,23). The van der Waals surface area contributed by atoms with Crippen LogP contribution in [0.5, 0.6) is 0 Å². The third-order valence-corrected chi connectivity index (χ3v) is 5.87. The fourth-order valence-electron chi connectivity index (χ4n) is 2.27. The minimum Gasteiger partial charge on any atom is -0.351 e. The van der Waals surface area contributed by atoms with Gasteiger partial charge in [-0.15, -0.1) is 0 Å². The number of rotatable bonds is 7. The highest BCUT2D eigenvalue weighted by molar-refractivity contribution is 7.89. The van der Waals surface area contributed by atoms with Crippen LogP contribution in [0.25, 0.3) is 0 Å². The number of sulfonamides is 1. The highest BCUT2D eigenvalue weighted by Crippen LogP contribution is 2.18. The summed E-state index contributed by atoms with van der Waals surface area (Å²) in [6.45, 7) is 1.23. The Labute approximate surface area is 163 Å². The average Bonchev–Trinajstić information content (AvgIpc) is 2.61. The molecule has 2 N–H and O–H groups in total. The van der Waals surface area contributed by atoms with Gasteiger partial charge < -0.3 is 10.6 Å². The molecule has 0 radical (unpaired) electrons. The van der Waals surface area contributed by atoms with Gasteiger partial charge in [-0.25, -0.2) is 8.42 Å². The maximum absolute atomic E-state index is 12.6. The van der Waals surface area contributed by atoms with E-state index in [1.807, 2.05) is 0 Å². The summed E-state index contributed by atoms with van der Waals surface area (Å²) in [7, 11) is -2.51. The first-order valence-electron chi connectivity index (χ1n) is 8.04. The van der Waals surface area contributed by atoms with Crippen molar-refractivity contribution in [1.29, 1.82) is 0 Å². The molecular formula is C18H20ClN3O4S. The Morgan fingerprint density at radius 3 is 2.30 bits per heavy atom. The van der Waals surface area contributed by atoms with Crippen molar-refractivity contribution in [3.63, 3.8) is 0 Å². The molecular weight excluding hydrogens is 390 g/mol. The Hall–Kier alpha value is -2.42. The zero-order valence-electron chi connectivity index (χ0n) is 14.9. The summed E-state index contributed by atoms with van der Waals surface area (Å²) in [4.78, 5) is 23.1. The normalized spacial score (nSPS) is 11.3. The van der Waals surface area contributed by atoms with E-state index >= 15 is 0 Å². The van der Waals surface area contributed by atoms with Crippen LogP contribution in [-0.4, -0.2) is 38.1 Å². The molecule has 0 aromatic heterocycles. The number of anilines is 1. The Bertz CT molecular complexity index is 930. The van der Waals surface area contributed by atoms with Crippen molar-refractivity contribution in [3.05, 3.63) is 59.1 Å². The van der Waals surface area contributed by atoms with Gasteiger partial charge >= 0.3 is 0 Å². The molecule has 0 bridgehead atoms. The van der Waals surface area contributed by atoms with Crippen molar-refractivity contribution in [2.45, 2.75) is 18.4 Å². The molecule has 0 fully saturated rings. The van der Waals surface area contributed by atoms with E-state index in [0.29, 0.717) is 10.7 Å². The van der Waals surface area contributed by atoms with Gasteiger partial charge in [0.05, 0.1) is 11.4 Å². The highest BCUT2D eigenvalue weighted by atomic mass is 35.5. The fourth-order valence-corrected chi connectivity index (χ4v) is 3.60. The van der Waals surface area contributed by atoms with E-state index in [1.165, 1.54) is 38.2 Å². The molecule has 7 nitrogen and oxygen atoms in total. The molecule has 0 aliphatic carbocycles. The fraction of sp³-hybridized carbons (Fsp3) is 0.222. The predicted octanol–water partition coefficient (Wildman–Crippen LogP) is 2.24. The molecule has 144 valence electrons. The summed E-state index contributed by atoms with van der Waals surface area (Å²) in [5.74, 6) is -0.700. The Morgan fingerprint density at radius 1 is 1.07 bits per heavy atom. The highest BCUT2D eigenvalue weighted by Gasteiger charge is 2.23. The first kappa shape index (κ1) is 20.9. The van der Waals surface area contributed by atoms with E-state index in [-0.39, 0.29) is 23.9 Å². The SMILES string of the molecule is CC(=O)Nc1ccc(S(=O)(=O)N(C)CC(=O)NCc2ccccc2Cl)cc1. The molecule has 2 amide bonds. The largest absolute Gasteiger partial charge is 0.351 e. The number of hydrogen-bond donors (Lipinski definition) is 2. The van der Waals surface area contributed by atoms with Crippen LogP contribution in [-0.2, 0) is 26.2 Å². The van der Waals surface area contributed by atoms with Crippen molar-refractivity contribution in [2.24, 2.45) is 0 Å². The molecule has 0 atom stereocenters. The molecule has 2 rings (SSSR count). The van der Waals surface area contributed by atoms with E-state index in [9.17, 15) is 18.0 Å². The number of carbonyl (C=O) groups excluding carboxylic acids is 2. The van der Waals surface area contributed by atoms with Crippen LogP contribution < -0.4 is 10.6 Å². The van der Waals surface area contributed by atoms with Gasteiger partial charge in [0.25, 0.3) is 0 Å². The average molecular weight is 410 g/mol. The Balaban J connectivity index is 1.98. The van der Waals surface area contributed by atoms with E-state index < -0.39 is 15.9 Å². The van der Waals surface area contributed by atoms with Crippen LogP contribution in [0.3, 0.4) is 0 Å². The number of nitrogens with one attached hydrogen (secondary N) is 2. The Kier molecular flexibility index (Phi) is 6.95. The molecule has 9 heteroatoms. The zero-order valence-corrected chi connectivity index (χ0v) is 16.5. The van der Waals surface area contributed by atoms with E-state index in [2.05, 4.69) is 10.6 Å². The molecule has 0 aliphatic heterocycles. The van der Waals surface area contributed by atoms with Gasteiger partial charge in [-0.2, -0.15) is 4.31 Å². The van der Waals surface area contributed by atoms with E-state index in [0.717, 1.165) is 9.87 Å². The molecule has 0 heterocycles. The summed E-state index contributed by atoms with van der Waals surface area (Å²) in [5.41, 5.74) is 1.23. The molecule has 2 aromatic carbocycles. The minimum absolute atomic E-state index is 0.0259. The van der Waals surface area contributed by atoms with Crippen LogP contribution in [0, 0.1) is 0 Å². The van der Waals surface area contributed by atoms with Gasteiger partial charge in [-0.1, -0.05) is 29.8 Å². The first-order chi connectivity index (χ1) is 12.7. The van der Waals surface area contributed by atoms with Crippen LogP contribution >= 0.6 is 11.6 Å².